The number of nitrogens with zero attached hydrogens (tertiary/aromatic N) is 2. The molecule has 1 unspecified atom stereocenters. The molecule has 0 fully saturated rings. The number of hydrogen-bond acceptors (Lipinski definition) is 5. The van der Waals surface area contributed by atoms with Crippen LogP contribution < -0.4 is 5.32 Å². The molecule has 0 aromatic carbocycles. The third kappa shape index (κ3) is 11.6. The molecule has 7 heteroatoms. The first kappa shape index (κ1) is 25.0. The Morgan fingerprint density at radius 2 is 1.69 bits per heavy atom. The Balaban J connectivity index is 4.11. The molecule has 0 aliphatic rings. The van der Waals surface area contributed by atoms with E-state index in [1.807, 2.05) is 0 Å². The Bertz CT molecular complexity index is 442. The molecule has 26 heavy (non-hydrogen) atoms. The Morgan fingerprint density at radius 3 is 2.23 bits per heavy atom. The van der Waals surface area contributed by atoms with Crippen LogP contribution in [0.4, 0.5) is 0 Å². The van der Waals surface area contributed by atoms with E-state index in [4.69, 9.17) is 14.3 Å². The molecule has 0 radical (unpaired) electrons. The summed E-state index contributed by atoms with van der Waals surface area (Å²) in [6.45, 7) is 15.6. The first-order valence-corrected chi connectivity index (χ1v) is 10.6. The third-order valence-corrected chi connectivity index (χ3v) is 5.72. The second kappa shape index (κ2) is 15.1. The van der Waals surface area contributed by atoms with Gasteiger partial charge in [-0.25, -0.2) is 4.67 Å². The molecule has 0 spiro atoms. The van der Waals surface area contributed by atoms with Crippen LogP contribution in [0, 0.1) is 11.3 Å². The average Bonchev–Trinajstić information content (AvgIpc) is 2.55. The molecule has 0 aliphatic carbocycles. The number of rotatable bonds is 15. The van der Waals surface area contributed by atoms with Crippen LogP contribution in [0.5, 0.6) is 0 Å². The van der Waals surface area contributed by atoms with Gasteiger partial charge in [-0.1, -0.05) is 19.4 Å². The second-order valence-electron chi connectivity index (χ2n) is 6.83. The summed E-state index contributed by atoms with van der Waals surface area (Å²) >= 11 is 0. The molecule has 0 aliphatic heterocycles. The van der Waals surface area contributed by atoms with Crippen molar-refractivity contribution < 1.29 is 13.8 Å². The van der Waals surface area contributed by atoms with Crippen molar-refractivity contribution in [3.8, 4) is 6.07 Å². The number of nitrogens with one attached hydrogen (secondary N) is 1. The fourth-order valence-electron chi connectivity index (χ4n) is 2.39. The maximum absolute atomic E-state index is 11.4. The molecule has 0 heterocycles. The highest BCUT2D eigenvalue weighted by Gasteiger charge is 2.26. The van der Waals surface area contributed by atoms with E-state index in [0.29, 0.717) is 43.8 Å². The van der Waals surface area contributed by atoms with Gasteiger partial charge < -0.3 is 14.4 Å². The average molecular weight is 385 g/mol. The molecule has 1 amide bonds. The van der Waals surface area contributed by atoms with Gasteiger partial charge in [-0.3, -0.25) is 4.79 Å². The fourth-order valence-corrected chi connectivity index (χ4v) is 4.02. The molecule has 0 rings (SSSR count). The van der Waals surface area contributed by atoms with Crippen molar-refractivity contribution in [1.29, 1.82) is 5.26 Å². The van der Waals surface area contributed by atoms with E-state index in [1.165, 1.54) is 0 Å². The zero-order chi connectivity index (χ0) is 19.9. The van der Waals surface area contributed by atoms with Crippen LogP contribution in [0.15, 0.2) is 12.2 Å². The quantitative estimate of drug-likeness (QED) is 0.255. The molecule has 1 N–H and O–H groups in total. The minimum absolute atomic E-state index is 0.0732. The van der Waals surface area contributed by atoms with Crippen molar-refractivity contribution in [2.75, 3.05) is 19.8 Å². The van der Waals surface area contributed by atoms with Crippen molar-refractivity contribution in [3.05, 3.63) is 12.2 Å². The lowest BCUT2D eigenvalue weighted by molar-refractivity contribution is -0.117. The standard InChI is InChI=1S/C19H36N3O3P/c1-16(2)19(23)21-13-9-7-8-10-14-24-26(25-15-11-12-20)22(17(3)4)18(5)6/h17-18H,1,7-11,13-15H2,2-6H3,(H,21,23). The van der Waals surface area contributed by atoms with E-state index in [1.54, 1.807) is 6.92 Å². The number of hydrogen-bond donors (Lipinski definition) is 1. The fraction of sp³-hybridized carbons (Fsp3) is 0.789. The first-order valence-electron chi connectivity index (χ1n) is 9.46. The van der Waals surface area contributed by atoms with E-state index in [2.05, 4.69) is 50.3 Å². The highest BCUT2D eigenvalue weighted by Crippen LogP contribution is 2.46. The third-order valence-electron chi connectivity index (χ3n) is 3.61. The van der Waals surface area contributed by atoms with Gasteiger partial charge in [-0.05, 0) is 47.5 Å². The number of unbranched alkanes of at least 4 members (excludes halogenated alkanes) is 3. The van der Waals surface area contributed by atoms with E-state index in [-0.39, 0.29) is 5.91 Å². The van der Waals surface area contributed by atoms with Gasteiger partial charge in [0, 0.05) is 24.2 Å². The van der Waals surface area contributed by atoms with Crippen LogP contribution in [0.3, 0.4) is 0 Å². The van der Waals surface area contributed by atoms with E-state index in [9.17, 15) is 4.79 Å². The van der Waals surface area contributed by atoms with Gasteiger partial charge in [0.05, 0.1) is 25.7 Å². The van der Waals surface area contributed by atoms with E-state index in [0.717, 1.165) is 25.7 Å². The van der Waals surface area contributed by atoms with E-state index < -0.39 is 8.53 Å². The Morgan fingerprint density at radius 1 is 1.12 bits per heavy atom. The van der Waals surface area contributed by atoms with Crippen molar-refractivity contribution in [3.63, 3.8) is 0 Å². The van der Waals surface area contributed by atoms with Crippen molar-refractivity contribution in [1.82, 2.24) is 9.99 Å². The van der Waals surface area contributed by atoms with Crippen molar-refractivity contribution >= 4 is 14.4 Å². The highest BCUT2D eigenvalue weighted by molar-refractivity contribution is 7.44. The smallest absolute Gasteiger partial charge is 0.259 e. The van der Waals surface area contributed by atoms with Crippen LogP contribution in [0.25, 0.3) is 0 Å². The maximum Gasteiger partial charge on any atom is 0.259 e. The summed E-state index contributed by atoms with van der Waals surface area (Å²) in [6.07, 6.45) is 4.39. The monoisotopic (exact) mass is 385 g/mol. The molecule has 150 valence electrons. The molecule has 6 nitrogen and oxygen atoms in total. The van der Waals surface area contributed by atoms with Gasteiger partial charge in [0.1, 0.15) is 0 Å². The minimum atomic E-state index is -1.14. The highest BCUT2D eigenvalue weighted by atomic mass is 31.2. The lowest BCUT2D eigenvalue weighted by Crippen LogP contribution is -2.33. The molecule has 0 saturated carbocycles. The summed E-state index contributed by atoms with van der Waals surface area (Å²) in [5, 5.41) is 11.5. The number of carbonyl (C=O) groups is 1. The number of amides is 1. The predicted molar refractivity (Wildman–Crippen MR) is 107 cm³/mol. The number of carbonyl (C=O) groups excluding carboxylic acids is 1. The van der Waals surface area contributed by atoms with Gasteiger partial charge in [-0.2, -0.15) is 5.26 Å². The first-order chi connectivity index (χ1) is 12.3. The zero-order valence-corrected chi connectivity index (χ0v) is 18.0. The zero-order valence-electron chi connectivity index (χ0n) is 17.1. The van der Waals surface area contributed by atoms with E-state index >= 15 is 0 Å². The second-order valence-corrected chi connectivity index (χ2v) is 8.28. The summed E-state index contributed by atoms with van der Waals surface area (Å²) in [4.78, 5) is 11.4. The summed E-state index contributed by atoms with van der Waals surface area (Å²) in [6, 6.07) is 2.75. The van der Waals surface area contributed by atoms with Crippen LogP contribution >= 0.6 is 8.53 Å². The molecule has 1 atom stereocenters. The minimum Gasteiger partial charge on any atom is -0.352 e. The lowest BCUT2D eigenvalue weighted by Gasteiger charge is -2.35. The molecule has 0 bridgehead atoms. The summed E-state index contributed by atoms with van der Waals surface area (Å²) in [7, 11) is -1.14. The van der Waals surface area contributed by atoms with Crippen LogP contribution in [0.1, 0.15) is 66.7 Å². The van der Waals surface area contributed by atoms with Crippen LogP contribution in [-0.2, 0) is 13.8 Å². The molecule has 0 saturated heterocycles. The van der Waals surface area contributed by atoms with Crippen molar-refractivity contribution in [2.45, 2.75) is 78.8 Å². The topological polar surface area (TPSA) is 74.6 Å². The molecule has 0 aromatic heterocycles. The van der Waals surface area contributed by atoms with Gasteiger partial charge in [-0.15, -0.1) is 0 Å². The van der Waals surface area contributed by atoms with Gasteiger partial charge in [0.15, 0.2) is 0 Å². The van der Waals surface area contributed by atoms with Crippen molar-refractivity contribution in [2.24, 2.45) is 0 Å². The molecular formula is C19H36N3O3P. The lowest BCUT2D eigenvalue weighted by atomic mass is 10.2. The van der Waals surface area contributed by atoms with Crippen LogP contribution in [-0.4, -0.2) is 42.4 Å². The van der Waals surface area contributed by atoms with Gasteiger partial charge in [0.2, 0.25) is 5.91 Å². The summed E-state index contributed by atoms with van der Waals surface area (Å²) in [5.41, 5.74) is 0.544. The SMILES string of the molecule is C=C(C)C(=O)NCCCCCCOP(OCCC#N)N(C(C)C)C(C)C. The largest absolute Gasteiger partial charge is 0.352 e. The van der Waals surface area contributed by atoms with Gasteiger partial charge in [0.25, 0.3) is 8.53 Å². The predicted octanol–water partition coefficient (Wildman–Crippen LogP) is 4.53. The Kier molecular flexibility index (Phi) is 14.5. The van der Waals surface area contributed by atoms with Gasteiger partial charge >= 0.3 is 0 Å². The molecule has 0 aromatic rings. The normalized spacial score (nSPS) is 12.4. The Labute approximate surface area is 160 Å². The maximum atomic E-state index is 11.4. The number of nitriles is 1. The summed E-state index contributed by atoms with van der Waals surface area (Å²) in [5.74, 6) is -0.0732. The summed E-state index contributed by atoms with van der Waals surface area (Å²) < 4.78 is 14.1. The Hall–Kier alpha value is -0.990. The molecular weight excluding hydrogens is 349 g/mol. The van der Waals surface area contributed by atoms with Crippen LogP contribution in [0.2, 0.25) is 0 Å².